The summed E-state index contributed by atoms with van der Waals surface area (Å²) in [5, 5.41) is 3.71. The molecule has 0 saturated heterocycles. The Hall–Kier alpha value is -3.08. The van der Waals surface area contributed by atoms with Crippen molar-refractivity contribution in [1.82, 2.24) is 5.16 Å². The number of ether oxygens (including phenoxy) is 2. The van der Waals surface area contributed by atoms with E-state index < -0.39 is 5.97 Å². The second kappa shape index (κ2) is 6.13. The quantitative estimate of drug-likeness (QED) is 0.683. The fraction of sp³-hybridized carbons (Fsp3) is 0.0588. The molecule has 0 saturated carbocycles. The summed E-state index contributed by atoms with van der Waals surface area (Å²) in [4.78, 5) is 11.5. The van der Waals surface area contributed by atoms with Gasteiger partial charge < -0.3 is 14.0 Å². The maximum absolute atomic E-state index is 11.5. The highest BCUT2D eigenvalue weighted by molar-refractivity contribution is 5.88. The molecule has 0 bridgehead atoms. The summed E-state index contributed by atoms with van der Waals surface area (Å²) in [6.07, 6.45) is 0. The second-order valence-electron chi connectivity index (χ2n) is 4.48. The second-order valence-corrected chi connectivity index (χ2v) is 4.48. The molecule has 1 heterocycles. The molecular weight excluding hydrogens is 282 g/mol. The van der Waals surface area contributed by atoms with Gasteiger partial charge in [-0.15, -0.1) is 0 Å². The van der Waals surface area contributed by atoms with Gasteiger partial charge in [0.15, 0.2) is 11.5 Å². The predicted octanol–water partition coefficient (Wildman–Crippen LogP) is 3.92. The predicted molar refractivity (Wildman–Crippen MR) is 79.8 cm³/mol. The van der Waals surface area contributed by atoms with Crippen LogP contribution in [0.25, 0.3) is 11.3 Å². The molecule has 0 N–H and O–H groups in total. The van der Waals surface area contributed by atoms with Crippen LogP contribution in [-0.4, -0.2) is 18.2 Å². The van der Waals surface area contributed by atoms with Crippen molar-refractivity contribution in [2.75, 3.05) is 7.11 Å². The average Bonchev–Trinajstić information content (AvgIpc) is 3.05. The minimum absolute atomic E-state index is 0.118. The number of benzene rings is 2. The highest BCUT2D eigenvalue weighted by atomic mass is 16.5. The van der Waals surface area contributed by atoms with Crippen LogP contribution in [0.3, 0.4) is 0 Å². The lowest BCUT2D eigenvalue weighted by molar-refractivity contribution is 0.0589. The van der Waals surface area contributed by atoms with Gasteiger partial charge in [-0.3, -0.25) is 0 Å². The van der Waals surface area contributed by atoms with Crippen molar-refractivity contribution in [2.24, 2.45) is 0 Å². The molecule has 0 amide bonds. The standard InChI is InChI=1S/C17H13NO4/c1-20-17(19)14-11-16(22-18-14)13-9-5-6-10-15(13)21-12-7-3-2-4-8-12/h2-11H,1H3. The van der Waals surface area contributed by atoms with Gasteiger partial charge >= 0.3 is 5.97 Å². The first kappa shape index (κ1) is 13.9. The monoisotopic (exact) mass is 295 g/mol. The Labute approximate surface area is 127 Å². The largest absolute Gasteiger partial charge is 0.464 e. The van der Waals surface area contributed by atoms with E-state index in [1.807, 2.05) is 54.6 Å². The van der Waals surface area contributed by atoms with Gasteiger partial charge in [0.1, 0.15) is 11.5 Å². The van der Waals surface area contributed by atoms with Gasteiger partial charge in [-0.2, -0.15) is 0 Å². The van der Waals surface area contributed by atoms with Gasteiger partial charge in [0.25, 0.3) is 0 Å². The number of hydrogen-bond donors (Lipinski definition) is 0. The van der Waals surface area contributed by atoms with E-state index in [-0.39, 0.29) is 5.69 Å². The van der Waals surface area contributed by atoms with E-state index in [0.29, 0.717) is 22.8 Å². The van der Waals surface area contributed by atoms with Crippen LogP contribution < -0.4 is 4.74 Å². The van der Waals surface area contributed by atoms with E-state index >= 15 is 0 Å². The molecule has 5 nitrogen and oxygen atoms in total. The number of rotatable bonds is 4. The molecule has 0 unspecified atom stereocenters. The van der Waals surface area contributed by atoms with Gasteiger partial charge in [-0.1, -0.05) is 35.5 Å². The van der Waals surface area contributed by atoms with Crippen molar-refractivity contribution in [2.45, 2.75) is 0 Å². The molecular formula is C17H13NO4. The molecule has 5 heteroatoms. The Kier molecular flexibility index (Phi) is 3.87. The van der Waals surface area contributed by atoms with Crippen molar-refractivity contribution in [3.8, 4) is 22.8 Å². The minimum Gasteiger partial charge on any atom is -0.464 e. The normalized spacial score (nSPS) is 10.2. The molecule has 0 spiro atoms. The lowest BCUT2D eigenvalue weighted by Crippen LogP contribution is -2.00. The SMILES string of the molecule is COC(=O)c1cc(-c2ccccc2Oc2ccccc2)on1. The zero-order valence-corrected chi connectivity index (χ0v) is 11.9. The smallest absolute Gasteiger partial charge is 0.360 e. The van der Waals surface area contributed by atoms with Crippen molar-refractivity contribution >= 4 is 5.97 Å². The number of nitrogens with zero attached hydrogens (tertiary/aromatic N) is 1. The summed E-state index contributed by atoms with van der Waals surface area (Å²) in [6.45, 7) is 0. The summed E-state index contributed by atoms with van der Waals surface area (Å²) < 4.78 is 15.7. The number of carbonyl (C=O) groups is 1. The Balaban J connectivity index is 1.94. The van der Waals surface area contributed by atoms with Crippen LogP contribution in [0.15, 0.2) is 65.2 Å². The maximum atomic E-state index is 11.5. The van der Waals surface area contributed by atoms with Crippen molar-refractivity contribution in [3.05, 3.63) is 66.4 Å². The van der Waals surface area contributed by atoms with E-state index in [0.717, 1.165) is 0 Å². The van der Waals surface area contributed by atoms with Crippen LogP contribution in [0.2, 0.25) is 0 Å². The fourth-order valence-electron chi connectivity index (χ4n) is 1.98. The number of esters is 1. The highest BCUT2D eigenvalue weighted by Gasteiger charge is 2.16. The maximum Gasteiger partial charge on any atom is 0.360 e. The van der Waals surface area contributed by atoms with Gasteiger partial charge in [0.2, 0.25) is 0 Å². The third kappa shape index (κ3) is 2.83. The lowest BCUT2D eigenvalue weighted by atomic mass is 10.1. The van der Waals surface area contributed by atoms with Crippen LogP contribution in [0.4, 0.5) is 0 Å². The zero-order chi connectivity index (χ0) is 15.4. The first-order valence-electron chi connectivity index (χ1n) is 6.65. The van der Waals surface area contributed by atoms with E-state index in [1.165, 1.54) is 13.2 Å². The molecule has 110 valence electrons. The molecule has 3 rings (SSSR count). The van der Waals surface area contributed by atoms with Gasteiger partial charge in [0, 0.05) is 6.07 Å². The summed E-state index contributed by atoms with van der Waals surface area (Å²) in [5.41, 5.74) is 0.820. The van der Waals surface area contributed by atoms with Crippen LogP contribution >= 0.6 is 0 Å². The van der Waals surface area contributed by atoms with Crippen LogP contribution in [0.5, 0.6) is 11.5 Å². The Morgan fingerprint density at radius 3 is 2.55 bits per heavy atom. The Morgan fingerprint density at radius 1 is 1.05 bits per heavy atom. The Bertz CT molecular complexity index is 780. The van der Waals surface area contributed by atoms with E-state index in [4.69, 9.17) is 9.26 Å². The molecule has 22 heavy (non-hydrogen) atoms. The lowest BCUT2D eigenvalue weighted by Gasteiger charge is -2.08. The summed E-state index contributed by atoms with van der Waals surface area (Å²) in [5.74, 6) is 1.22. The van der Waals surface area contributed by atoms with E-state index in [9.17, 15) is 4.79 Å². The fourth-order valence-corrected chi connectivity index (χ4v) is 1.98. The number of hydrogen-bond acceptors (Lipinski definition) is 5. The topological polar surface area (TPSA) is 61.6 Å². The summed E-state index contributed by atoms with van der Waals surface area (Å²) in [7, 11) is 1.29. The molecule has 3 aromatic rings. The number of methoxy groups -OCH3 is 1. The summed E-state index contributed by atoms with van der Waals surface area (Å²) in [6, 6.07) is 18.3. The molecule has 0 atom stereocenters. The molecule has 0 aliphatic rings. The first-order valence-corrected chi connectivity index (χ1v) is 6.65. The van der Waals surface area contributed by atoms with E-state index in [1.54, 1.807) is 0 Å². The minimum atomic E-state index is -0.545. The molecule has 0 aliphatic heterocycles. The molecule has 0 fully saturated rings. The number of aromatic nitrogens is 1. The zero-order valence-electron chi connectivity index (χ0n) is 11.9. The average molecular weight is 295 g/mol. The van der Waals surface area contributed by atoms with Gasteiger partial charge in [-0.25, -0.2) is 4.79 Å². The van der Waals surface area contributed by atoms with E-state index in [2.05, 4.69) is 9.89 Å². The van der Waals surface area contributed by atoms with Crippen molar-refractivity contribution < 1.29 is 18.8 Å². The number of para-hydroxylation sites is 2. The van der Waals surface area contributed by atoms with Crippen LogP contribution in [-0.2, 0) is 4.74 Å². The van der Waals surface area contributed by atoms with Crippen LogP contribution in [0, 0.1) is 0 Å². The van der Waals surface area contributed by atoms with Gasteiger partial charge in [-0.05, 0) is 24.3 Å². The molecule has 0 aliphatic carbocycles. The van der Waals surface area contributed by atoms with Crippen molar-refractivity contribution in [3.63, 3.8) is 0 Å². The third-order valence-electron chi connectivity index (χ3n) is 3.03. The first-order chi connectivity index (χ1) is 10.8. The third-order valence-corrected chi connectivity index (χ3v) is 3.03. The molecule has 2 aromatic carbocycles. The van der Waals surface area contributed by atoms with Crippen molar-refractivity contribution in [1.29, 1.82) is 0 Å². The molecule has 0 radical (unpaired) electrons. The molecule has 1 aromatic heterocycles. The number of carbonyl (C=O) groups excluding carboxylic acids is 1. The summed E-state index contributed by atoms with van der Waals surface area (Å²) >= 11 is 0. The Morgan fingerprint density at radius 2 is 1.77 bits per heavy atom. The highest BCUT2D eigenvalue weighted by Crippen LogP contribution is 2.33. The van der Waals surface area contributed by atoms with Crippen LogP contribution in [0.1, 0.15) is 10.5 Å². The van der Waals surface area contributed by atoms with Gasteiger partial charge in [0.05, 0.1) is 12.7 Å².